The maximum Gasteiger partial charge on any atom is 0.257 e. The second kappa shape index (κ2) is 7.29. The van der Waals surface area contributed by atoms with Crippen molar-refractivity contribution in [3.63, 3.8) is 0 Å². The number of aromatic nitrogens is 1. The molecule has 0 spiro atoms. The SMILES string of the molecule is CC(C)(C)N(C(=O)C1CC1)C1CC(=O)N(c2ccc(-c3nc4ccccc4o3)cc2)C1=O. The zero-order valence-corrected chi connectivity index (χ0v) is 18.4. The van der Waals surface area contributed by atoms with Gasteiger partial charge in [0.2, 0.25) is 17.7 Å². The third-order valence-corrected chi connectivity index (χ3v) is 5.99. The summed E-state index contributed by atoms with van der Waals surface area (Å²) in [5.41, 5.74) is 2.15. The molecule has 3 aromatic rings. The van der Waals surface area contributed by atoms with Crippen LogP contribution in [0.5, 0.6) is 0 Å². The summed E-state index contributed by atoms with van der Waals surface area (Å²) in [7, 11) is 0. The van der Waals surface area contributed by atoms with E-state index in [1.165, 1.54) is 4.90 Å². The van der Waals surface area contributed by atoms with Gasteiger partial charge in [0.25, 0.3) is 5.91 Å². The lowest BCUT2D eigenvalue weighted by atomic mass is 10.0. The number of fused-ring (bicyclic) bond motifs is 1. The number of hydrogen-bond acceptors (Lipinski definition) is 5. The van der Waals surface area contributed by atoms with Crippen LogP contribution < -0.4 is 4.90 Å². The van der Waals surface area contributed by atoms with Crippen LogP contribution in [0.1, 0.15) is 40.0 Å². The van der Waals surface area contributed by atoms with Crippen LogP contribution in [0, 0.1) is 5.92 Å². The maximum absolute atomic E-state index is 13.3. The summed E-state index contributed by atoms with van der Waals surface area (Å²) in [6, 6.07) is 13.7. The third kappa shape index (κ3) is 3.47. The summed E-state index contributed by atoms with van der Waals surface area (Å²) in [5.74, 6) is -0.233. The number of oxazole rings is 1. The number of benzene rings is 2. The van der Waals surface area contributed by atoms with Crippen LogP contribution in [-0.2, 0) is 14.4 Å². The molecule has 7 nitrogen and oxygen atoms in total. The Kier molecular flexibility index (Phi) is 4.65. The first kappa shape index (κ1) is 20.4. The van der Waals surface area contributed by atoms with Crippen molar-refractivity contribution in [1.29, 1.82) is 0 Å². The Morgan fingerprint density at radius 3 is 2.38 bits per heavy atom. The Hall–Kier alpha value is -3.48. The van der Waals surface area contributed by atoms with E-state index < -0.39 is 11.6 Å². The van der Waals surface area contributed by atoms with Crippen molar-refractivity contribution in [2.45, 2.75) is 51.6 Å². The minimum absolute atomic E-state index is 0.00143. The van der Waals surface area contributed by atoms with Crippen LogP contribution in [0.3, 0.4) is 0 Å². The molecule has 1 unspecified atom stereocenters. The standard InChI is InChI=1S/C25H25N3O4/c1-25(2,3)28(23(30)16-8-9-16)19-14-21(29)27(24(19)31)17-12-10-15(11-13-17)22-26-18-6-4-5-7-20(18)32-22/h4-7,10-13,16,19H,8-9,14H2,1-3H3. The Morgan fingerprint density at radius 1 is 1.06 bits per heavy atom. The number of anilines is 1. The molecule has 2 heterocycles. The van der Waals surface area contributed by atoms with Crippen molar-refractivity contribution in [2.24, 2.45) is 5.92 Å². The second-order valence-corrected chi connectivity index (χ2v) is 9.47. The Balaban J connectivity index is 1.41. The van der Waals surface area contributed by atoms with Crippen molar-refractivity contribution in [3.8, 4) is 11.5 Å². The van der Waals surface area contributed by atoms with E-state index >= 15 is 0 Å². The lowest BCUT2D eigenvalue weighted by Crippen LogP contribution is -2.55. The van der Waals surface area contributed by atoms with E-state index in [9.17, 15) is 14.4 Å². The minimum Gasteiger partial charge on any atom is -0.436 e. The number of imide groups is 1. The molecule has 1 atom stereocenters. The molecule has 5 rings (SSSR count). The Labute approximate surface area is 186 Å². The number of hydrogen-bond donors (Lipinski definition) is 0. The Bertz CT molecular complexity index is 1180. The fraction of sp³-hybridized carbons (Fsp3) is 0.360. The van der Waals surface area contributed by atoms with E-state index in [0.717, 1.165) is 23.9 Å². The van der Waals surface area contributed by atoms with Crippen LogP contribution in [0.25, 0.3) is 22.6 Å². The first-order chi connectivity index (χ1) is 15.2. The van der Waals surface area contributed by atoms with Crippen LogP contribution in [0.2, 0.25) is 0 Å². The maximum atomic E-state index is 13.3. The molecule has 0 radical (unpaired) electrons. The van der Waals surface area contributed by atoms with Gasteiger partial charge in [-0.3, -0.25) is 14.4 Å². The van der Waals surface area contributed by atoms with Crippen molar-refractivity contribution in [1.82, 2.24) is 9.88 Å². The van der Waals surface area contributed by atoms with Crippen LogP contribution in [0.15, 0.2) is 52.9 Å². The molecule has 0 bridgehead atoms. The zero-order chi connectivity index (χ0) is 22.6. The molecule has 164 valence electrons. The summed E-state index contributed by atoms with van der Waals surface area (Å²) in [6.45, 7) is 5.72. The molecule has 1 aliphatic heterocycles. The van der Waals surface area contributed by atoms with E-state index in [2.05, 4.69) is 4.98 Å². The third-order valence-electron chi connectivity index (χ3n) is 5.99. The van der Waals surface area contributed by atoms with Crippen LogP contribution >= 0.6 is 0 Å². The van der Waals surface area contributed by atoms with Crippen molar-refractivity contribution >= 4 is 34.5 Å². The van der Waals surface area contributed by atoms with Gasteiger partial charge >= 0.3 is 0 Å². The van der Waals surface area contributed by atoms with E-state index in [1.807, 2.05) is 45.0 Å². The van der Waals surface area contributed by atoms with Crippen molar-refractivity contribution in [2.75, 3.05) is 4.90 Å². The molecule has 3 amide bonds. The fourth-order valence-corrected chi connectivity index (χ4v) is 4.32. The monoisotopic (exact) mass is 431 g/mol. The van der Waals surface area contributed by atoms with Gasteiger partial charge in [-0.05, 0) is 70.0 Å². The minimum atomic E-state index is -0.771. The average Bonchev–Trinajstić information content (AvgIpc) is 3.44. The molecule has 2 aliphatic rings. The summed E-state index contributed by atoms with van der Waals surface area (Å²) < 4.78 is 5.80. The summed E-state index contributed by atoms with van der Waals surface area (Å²) >= 11 is 0. The van der Waals surface area contributed by atoms with Crippen LogP contribution in [-0.4, -0.2) is 39.2 Å². The van der Waals surface area contributed by atoms with Gasteiger partial charge in [-0.15, -0.1) is 0 Å². The predicted octanol–water partition coefficient (Wildman–Crippen LogP) is 4.16. The molecule has 1 aliphatic carbocycles. The smallest absolute Gasteiger partial charge is 0.257 e. The summed E-state index contributed by atoms with van der Waals surface area (Å²) in [6.07, 6.45) is 1.70. The lowest BCUT2D eigenvalue weighted by molar-refractivity contribution is -0.145. The van der Waals surface area contributed by atoms with Crippen molar-refractivity contribution < 1.29 is 18.8 Å². The molecule has 32 heavy (non-hydrogen) atoms. The molecule has 0 N–H and O–H groups in total. The first-order valence-electron chi connectivity index (χ1n) is 10.9. The molecule has 2 aromatic carbocycles. The number of rotatable bonds is 4. The van der Waals surface area contributed by atoms with Gasteiger partial charge < -0.3 is 9.32 Å². The van der Waals surface area contributed by atoms with Crippen molar-refractivity contribution in [3.05, 3.63) is 48.5 Å². The largest absolute Gasteiger partial charge is 0.436 e. The van der Waals surface area contributed by atoms with E-state index in [-0.39, 0.29) is 30.1 Å². The normalized spacial score (nSPS) is 19.1. The van der Waals surface area contributed by atoms with E-state index in [4.69, 9.17) is 4.42 Å². The number of nitrogens with zero attached hydrogens (tertiary/aromatic N) is 3. The zero-order valence-electron chi connectivity index (χ0n) is 18.4. The second-order valence-electron chi connectivity index (χ2n) is 9.47. The number of para-hydroxylation sites is 2. The molecular weight excluding hydrogens is 406 g/mol. The van der Waals surface area contributed by atoms with Gasteiger partial charge in [-0.2, -0.15) is 0 Å². The highest BCUT2D eigenvalue weighted by Gasteiger charge is 2.50. The number of amides is 3. The van der Waals surface area contributed by atoms with Gasteiger partial charge in [-0.25, -0.2) is 9.88 Å². The Morgan fingerprint density at radius 2 is 1.75 bits per heavy atom. The molecule has 7 heteroatoms. The lowest BCUT2D eigenvalue weighted by Gasteiger charge is -2.39. The molecule has 2 fully saturated rings. The highest BCUT2D eigenvalue weighted by atomic mass is 16.3. The summed E-state index contributed by atoms with van der Waals surface area (Å²) in [5, 5.41) is 0. The van der Waals surface area contributed by atoms with E-state index in [0.29, 0.717) is 17.2 Å². The van der Waals surface area contributed by atoms with Gasteiger partial charge in [0.15, 0.2) is 5.58 Å². The highest BCUT2D eigenvalue weighted by Crippen LogP contribution is 2.37. The highest BCUT2D eigenvalue weighted by molar-refractivity contribution is 6.23. The topological polar surface area (TPSA) is 83.7 Å². The fourth-order valence-electron chi connectivity index (χ4n) is 4.32. The quantitative estimate of drug-likeness (QED) is 0.579. The van der Waals surface area contributed by atoms with Gasteiger partial charge in [-0.1, -0.05) is 12.1 Å². The molecule has 1 saturated heterocycles. The number of carbonyl (C=O) groups is 3. The molecular formula is C25H25N3O4. The molecule has 1 saturated carbocycles. The average molecular weight is 431 g/mol. The van der Waals surface area contributed by atoms with E-state index in [1.54, 1.807) is 29.2 Å². The van der Waals surface area contributed by atoms with Crippen LogP contribution in [0.4, 0.5) is 5.69 Å². The first-order valence-corrected chi connectivity index (χ1v) is 10.9. The predicted molar refractivity (Wildman–Crippen MR) is 120 cm³/mol. The van der Waals surface area contributed by atoms with Gasteiger partial charge in [0, 0.05) is 17.0 Å². The molecule has 1 aromatic heterocycles. The van der Waals surface area contributed by atoms with Gasteiger partial charge in [0.1, 0.15) is 11.6 Å². The summed E-state index contributed by atoms with van der Waals surface area (Å²) in [4.78, 5) is 46.4. The number of carbonyl (C=O) groups excluding carboxylic acids is 3. The van der Waals surface area contributed by atoms with Gasteiger partial charge in [0.05, 0.1) is 12.1 Å².